The molecule has 2 unspecified atom stereocenters. The number of esters is 1. The van der Waals surface area contributed by atoms with Crippen molar-refractivity contribution in [2.75, 3.05) is 19.1 Å². The topological polar surface area (TPSA) is 71.9 Å². The molecule has 4 rings (SSSR count). The first-order valence-electron chi connectivity index (χ1n) is 13.0. The summed E-state index contributed by atoms with van der Waals surface area (Å²) in [7, 11) is 2.56. The molecule has 1 amide bonds. The number of aromatic nitrogens is 1. The Kier molecular flexibility index (Phi) is 8.66. The Balaban J connectivity index is 1.79. The van der Waals surface area contributed by atoms with Gasteiger partial charge in [-0.1, -0.05) is 6.07 Å². The highest BCUT2D eigenvalue weighted by molar-refractivity contribution is 6.05. The van der Waals surface area contributed by atoms with Crippen LogP contribution < -0.4 is 4.90 Å². The fourth-order valence-electron chi connectivity index (χ4n) is 4.89. The van der Waals surface area contributed by atoms with E-state index in [1.54, 1.807) is 13.0 Å². The number of methoxy groups -OCH3 is 1. The summed E-state index contributed by atoms with van der Waals surface area (Å²) in [6.07, 6.45) is -8.04. The molecule has 2 heterocycles. The maximum atomic E-state index is 14.0. The Hall–Kier alpha value is -4.29. The minimum atomic E-state index is -5.08. The van der Waals surface area contributed by atoms with Crippen molar-refractivity contribution in [2.24, 2.45) is 4.99 Å². The van der Waals surface area contributed by atoms with Crippen molar-refractivity contribution in [2.45, 2.75) is 51.0 Å². The predicted molar refractivity (Wildman–Crippen MR) is 144 cm³/mol. The highest BCUT2D eigenvalue weighted by Crippen LogP contribution is 2.39. The van der Waals surface area contributed by atoms with Gasteiger partial charge in [-0.15, -0.1) is 0 Å². The molecule has 6 nitrogen and oxygen atoms in total. The maximum absolute atomic E-state index is 14.0. The number of aryl methyl sites for hydroxylation is 1. The van der Waals surface area contributed by atoms with Crippen LogP contribution >= 0.6 is 0 Å². The molecule has 0 saturated heterocycles. The smallest absolute Gasteiger partial charge is 0.416 e. The number of hydrogen-bond donors (Lipinski definition) is 0. The van der Waals surface area contributed by atoms with Gasteiger partial charge in [0.1, 0.15) is 11.9 Å². The van der Waals surface area contributed by atoms with E-state index in [2.05, 4.69) is 9.98 Å². The Bertz CT molecular complexity index is 1570. The van der Waals surface area contributed by atoms with E-state index in [-0.39, 0.29) is 11.8 Å². The fourth-order valence-corrected chi connectivity index (χ4v) is 4.89. The summed E-state index contributed by atoms with van der Waals surface area (Å²) in [5.74, 6) is -3.26. The number of rotatable bonds is 6. The first-order chi connectivity index (χ1) is 20.0. The molecule has 0 spiro atoms. The molecule has 43 heavy (non-hydrogen) atoms. The summed E-state index contributed by atoms with van der Waals surface area (Å²) in [5, 5.41) is 0. The number of nitrogens with zero attached hydrogens (tertiary/aromatic N) is 3. The number of carbonyl (C=O) groups excluding carboxylic acids is 2. The van der Waals surface area contributed by atoms with Crippen LogP contribution in [-0.4, -0.2) is 42.8 Å². The van der Waals surface area contributed by atoms with Crippen LogP contribution in [0.2, 0.25) is 0 Å². The van der Waals surface area contributed by atoms with E-state index in [4.69, 9.17) is 4.74 Å². The summed E-state index contributed by atoms with van der Waals surface area (Å²) in [4.78, 5) is 35.4. The van der Waals surface area contributed by atoms with Crippen LogP contribution in [0.5, 0.6) is 0 Å². The highest BCUT2D eigenvalue weighted by atomic mass is 19.4. The van der Waals surface area contributed by atoms with Crippen LogP contribution in [0.3, 0.4) is 0 Å². The van der Waals surface area contributed by atoms with E-state index in [9.17, 15) is 40.3 Å². The molecular formula is C30H26F7N3O3. The summed E-state index contributed by atoms with van der Waals surface area (Å²) in [6, 6.07) is 5.88. The standard InChI is InChI=1S/C30H26F7N3O3/c1-15-9-20(31)5-6-21(15)22-13-25(23-7-8-24(39-23)28(42)43-4)38-14-26(22)40(3)27(41)16(2)17-10-18(29(32,33)34)12-19(11-17)30(35,36)37/h5-6,9-14,16,24H,7-8H2,1-4H3. The number of halogens is 7. The summed E-state index contributed by atoms with van der Waals surface area (Å²) >= 11 is 0. The van der Waals surface area contributed by atoms with Gasteiger partial charge >= 0.3 is 18.3 Å². The third-order valence-corrected chi connectivity index (χ3v) is 7.27. The number of aliphatic imine (C=N–C) groups is 1. The Labute approximate surface area is 242 Å². The molecule has 3 aromatic rings. The molecule has 2 atom stereocenters. The van der Waals surface area contributed by atoms with Crippen LogP contribution in [0, 0.1) is 12.7 Å². The van der Waals surface area contributed by atoms with Crippen molar-refractivity contribution in [1.29, 1.82) is 0 Å². The molecule has 2 aromatic carbocycles. The van der Waals surface area contributed by atoms with E-state index >= 15 is 0 Å². The molecular weight excluding hydrogens is 583 g/mol. The first-order valence-corrected chi connectivity index (χ1v) is 13.0. The number of anilines is 1. The monoisotopic (exact) mass is 609 g/mol. The van der Waals surface area contributed by atoms with E-state index < -0.39 is 58.7 Å². The van der Waals surface area contributed by atoms with Crippen LogP contribution in [0.15, 0.2) is 53.7 Å². The molecule has 0 radical (unpaired) electrons. The lowest BCUT2D eigenvalue weighted by Gasteiger charge is -2.26. The van der Waals surface area contributed by atoms with Gasteiger partial charge in [0.15, 0.2) is 0 Å². The second kappa shape index (κ2) is 11.8. The average molecular weight is 610 g/mol. The van der Waals surface area contributed by atoms with Crippen molar-refractivity contribution in [1.82, 2.24) is 4.98 Å². The third kappa shape index (κ3) is 6.70. The fraction of sp³-hybridized carbons (Fsp3) is 0.333. The number of carbonyl (C=O) groups is 2. The summed E-state index contributed by atoms with van der Waals surface area (Å²) in [5.41, 5.74) is -1.14. The summed E-state index contributed by atoms with van der Waals surface area (Å²) < 4.78 is 99.4. The van der Waals surface area contributed by atoms with Crippen LogP contribution in [0.25, 0.3) is 11.1 Å². The molecule has 228 valence electrons. The number of benzene rings is 2. The van der Waals surface area contributed by atoms with Gasteiger partial charge in [0.05, 0.1) is 47.4 Å². The number of amides is 1. The van der Waals surface area contributed by atoms with Crippen molar-refractivity contribution in [3.05, 3.63) is 82.4 Å². The number of pyridine rings is 1. The van der Waals surface area contributed by atoms with E-state index in [1.165, 1.54) is 45.5 Å². The van der Waals surface area contributed by atoms with Crippen molar-refractivity contribution in [3.8, 4) is 11.1 Å². The second-order valence-corrected chi connectivity index (χ2v) is 10.2. The van der Waals surface area contributed by atoms with Crippen LogP contribution in [0.4, 0.5) is 36.4 Å². The second-order valence-electron chi connectivity index (χ2n) is 10.2. The van der Waals surface area contributed by atoms with Crippen LogP contribution in [-0.2, 0) is 26.7 Å². The molecule has 1 aliphatic heterocycles. The zero-order chi connectivity index (χ0) is 31.9. The van der Waals surface area contributed by atoms with Gasteiger partial charge < -0.3 is 9.64 Å². The van der Waals surface area contributed by atoms with E-state index in [0.29, 0.717) is 53.1 Å². The van der Waals surface area contributed by atoms with E-state index in [0.717, 1.165) is 4.90 Å². The van der Waals surface area contributed by atoms with Crippen molar-refractivity contribution < 1.29 is 45.1 Å². The average Bonchev–Trinajstić information content (AvgIpc) is 3.45. The summed E-state index contributed by atoms with van der Waals surface area (Å²) in [6.45, 7) is 2.84. The minimum Gasteiger partial charge on any atom is -0.467 e. The molecule has 1 aromatic heterocycles. The zero-order valence-corrected chi connectivity index (χ0v) is 23.4. The number of alkyl halides is 6. The number of ether oxygens (including phenoxy) is 1. The lowest BCUT2D eigenvalue weighted by atomic mass is 9.93. The number of hydrogen-bond acceptors (Lipinski definition) is 5. The molecule has 13 heteroatoms. The van der Waals surface area contributed by atoms with Gasteiger partial charge in [-0.2, -0.15) is 26.3 Å². The van der Waals surface area contributed by atoms with Gasteiger partial charge in [-0.05, 0) is 79.8 Å². The lowest BCUT2D eigenvalue weighted by Crippen LogP contribution is -2.31. The molecule has 0 N–H and O–H groups in total. The largest absolute Gasteiger partial charge is 0.467 e. The zero-order valence-electron chi connectivity index (χ0n) is 23.4. The molecule has 0 saturated carbocycles. The van der Waals surface area contributed by atoms with Crippen molar-refractivity contribution >= 4 is 23.3 Å². The first kappa shape index (κ1) is 31.6. The predicted octanol–water partition coefficient (Wildman–Crippen LogP) is 7.12. The van der Waals surface area contributed by atoms with Gasteiger partial charge in [0, 0.05) is 12.6 Å². The Morgan fingerprint density at radius 1 is 0.977 bits per heavy atom. The Morgan fingerprint density at radius 2 is 1.60 bits per heavy atom. The SMILES string of the molecule is COC(=O)C1CCC(c2cc(-c3ccc(F)cc3C)c(N(C)C(=O)C(C)c3cc(C(F)(F)F)cc(C(F)(F)F)c3)cn2)=N1. The van der Waals surface area contributed by atoms with Gasteiger partial charge in [0.25, 0.3) is 0 Å². The van der Waals surface area contributed by atoms with Crippen LogP contribution in [0.1, 0.15) is 53.6 Å². The molecule has 0 bridgehead atoms. The van der Waals surface area contributed by atoms with Gasteiger partial charge in [-0.3, -0.25) is 14.8 Å². The number of likely N-dealkylation sites (N-methyl/N-ethyl adjacent to an activating group) is 1. The Morgan fingerprint density at radius 3 is 2.16 bits per heavy atom. The van der Waals surface area contributed by atoms with Gasteiger partial charge in [0.2, 0.25) is 5.91 Å². The van der Waals surface area contributed by atoms with Gasteiger partial charge in [-0.25, -0.2) is 9.18 Å². The molecule has 0 fully saturated rings. The maximum Gasteiger partial charge on any atom is 0.416 e. The van der Waals surface area contributed by atoms with Crippen molar-refractivity contribution in [3.63, 3.8) is 0 Å². The normalized spacial score (nSPS) is 16.1. The quantitative estimate of drug-likeness (QED) is 0.220. The minimum absolute atomic E-state index is 0.00102. The molecule has 0 aliphatic carbocycles. The molecule has 1 aliphatic rings. The third-order valence-electron chi connectivity index (χ3n) is 7.27. The van der Waals surface area contributed by atoms with E-state index in [1.807, 2.05) is 0 Å². The highest BCUT2D eigenvalue weighted by Gasteiger charge is 2.38. The lowest BCUT2D eigenvalue weighted by molar-refractivity contribution is -0.144.